The molecule has 0 spiro atoms. The van der Waals surface area contributed by atoms with Gasteiger partial charge in [0.2, 0.25) is 0 Å². The van der Waals surface area contributed by atoms with Gasteiger partial charge in [0.25, 0.3) is 0 Å². The van der Waals surface area contributed by atoms with E-state index in [2.05, 4.69) is 15.9 Å². The van der Waals surface area contributed by atoms with Crippen molar-refractivity contribution >= 4 is 33.4 Å². The molecule has 0 amide bonds. The highest BCUT2D eigenvalue weighted by Crippen LogP contribution is 2.20. The minimum Gasteiger partial charge on any atom is -0.598 e. The van der Waals surface area contributed by atoms with E-state index in [9.17, 15) is 4.55 Å². The molecule has 2 nitrogen and oxygen atoms in total. The van der Waals surface area contributed by atoms with Gasteiger partial charge in [-0.15, -0.1) is 0 Å². The standard InChI is InChI=1S/C12H16BrNOS/c1-9-8-11(13)5-4-10(9)6-7-12(2,3)16(14)15/h4-8H,14H2,1-3H3. The predicted octanol–water partition coefficient (Wildman–Crippen LogP) is 3.17. The number of hydrogen-bond donors (Lipinski definition) is 1. The zero-order valence-electron chi connectivity index (χ0n) is 9.66. The molecule has 1 unspecified atom stereocenters. The lowest BCUT2D eigenvalue weighted by Crippen LogP contribution is -2.35. The molecule has 0 heterocycles. The van der Waals surface area contributed by atoms with Crippen LogP contribution in [0.2, 0.25) is 0 Å². The van der Waals surface area contributed by atoms with E-state index >= 15 is 0 Å². The Morgan fingerprint density at radius 1 is 1.44 bits per heavy atom. The number of benzene rings is 1. The zero-order chi connectivity index (χ0) is 12.3. The van der Waals surface area contributed by atoms with Gasteiger partial charge in [0.05, 0.1) is 0 Å². The van der Waals surface area contributed by atoms with Gasteiger partial charge in [-0.05, 0) is 50.1 Å². The third-order valence-corrected chi connectivity index (χ3v) is 4.08. The summed E-state index contributed by atoms with van der Waals surface area (Å²) in [6, 6.07) is 6.05. The Kier molecular flexibility index (Phi) is 4.62. The average molecular weight is 302 g/mol. The second kappa shape index (κ2) is 5.36. The van der Waals surface area contributed by atoms with Gasteiger partial charge < -0.3 is 4.55 Å². The monoisotopic (exact) mass is 301 g/mol. The maximum Gasteiger partial charge on any atom is 0.157 e. The number of aryl methyl sites for hydroxylation is 1. The van der Waals surface area contributed by atoms with Crippen molar-refractivity contribution in [3.63, 3.8) is 0 Å². The van der Waals surface area contributed by atoms with Crippen molar-refractivity contribution in [2.45, 2.75) is 25.5 Å². The molecule has 0 aliphatic rings. The first-order valence-corrected chi connectivity index (χ1v) is 6.95. The second-order valence-electron chi connectivity index (χ2n) is 4.24. The molecule has 1 rings (SSSR count). The van der Waals surface area contributed by atoms with Gasteiger partial charge in [-0.1, -0.05) is 28.1 Å². The summed E-state index contributed by atoms with van der Waals surface area (Å²) in [6.45, 7) is 5.75. The molecule has 1 aromatic carbocycles. The second-order valence-corrected chi connectivity index (χ2v) is 6.80. The Hall–Kier alpha value is -0.290. The summed E-state index contributed by atoms with van der Waals surface area (Å²) in [4.78, 5) is 0. The van der Waals surface area contributed by atoms with Gasteiger partial charge in [-0.2, -0.15) is 5.14 Å². The number of nitrogens with two attached hydrogens (primary N) is 1. The molecule has 2 N–H and O–H groups in total. The van der Waals surface area contributed by atoms with E-state index < -0.39 is 16.1 Å². The van der Waals surface area contributed by atoms with Crippen LogP contribution in [-0.2, 0) is 11.4 Å². The van der Waals surface area contributed by atoms with E-state index in [4.69, 9.17) is 5.14 Å². The highest BCUT2D eigenvalue weighted by atomic mass is 79.9. The molecule has 0 aliphatic heterocycles. The van der Waals surface area contributed by atoms with Crippen LogP contribution in [0, 0.1) is 6.92 Å². The van der Waals surface area contributed by atoms with E-state index in [1.54, 1.807) is 0 Å². The van der Waals surface area contributed by atoms with Crippen LogP contribution in [0.3, 0.4) is 0 Å². The average Bonchev–Trinajstić information content (AvgIpc) is 2.16. The quantitative estimate of drug-likeness (QED) is 0.872. The lowest BCUT2D eigenvalue weighted by atomic mass is 10.1. The van der Waals surface area contributed by atoms with E-state index in [-0.39, 0.29) is 0 Å². The fourth-order valence-electron chi connectivity index (χ4n) is 1.18. The molecule has 0 aromatic heterocycles. The Balaban J connectivity index is 2.92. The van der Waals surface area contributed by atoms with Crippen LogP contribution in [0.4, 0.5) is 0 Å². The summed E-state index contributed by atoms with van der Waals surface area (Å²) in [7, 11) is 0. The van der Waals surface area contributed by atoms with Crippen molar-refractivity contribution in [2.75, 3.05) is 0 Å². The first-order valence-electron chi connectivity index (χ1n) is 4.94. The number of halogens is 1. The Morgan fingerprint density at radius 3 is 2.56 bits per heavy atom. The molecule has 0 radical (unpaired) electrons. The molecule has 0 fully saturated rings. The van der Waals surface area contributed by atoms with E-state index in [0.717, 1.165) is 10.0 Å². The summed E-state index contributed by atoms with van der Waals surface area (Å²) >= 11 is 2.06. The van der Waals surface area contributed by atoms with Crippen molar-refractivity contribution in [1.82, 2.24) is 0 Å². The highest BCUT2D eigenvalue weighted by molar-refractivity contribution is 9.10. The van der Waals surface area contributed by atoms with Crippen LogP contribution < -0.4 is 5.14 Å². The minimum atomic E-state index is -1.36. The minimum absolute atomic E-state index is 0.500. The zero-order valence-corrected chi connectivity index (χ0v) is 12.1. The van der Waals surface area contributed by atoms with Crippen LogP contribution in [0.1, 0.15) is 25.0 Å². The predicted molar refractivity (Wildman–Crippen MR) is 74.3 cm³/mol. The first-order chi connectivity index (χ1) is 7.33. The summed E-state index contributed by atoms with van der Waals surface area (Å²) in [5, 5.41) is 5.41. The SMILES string of the molecule is Cc1cc(Br)ccc1C=CC(C)(C)[S+](N)[O-]. The molecule has 88 valence electrons. The summed E-state index contributed by atoms with van der Waals surface area (Å²) < 4.78 is 11.8. The van der Waals surface area contributed by atoms with Gasteiger partial charge in [0, 0.05) is 15.8 Å². The fraction of sp³-hybridized carbons (Fsp3) is 0.333. The normalized spacial score (nSPS) is 14.4. The topological polar surface area (TPSA) is 49.1 Å². The van der Waals surface area contributed by atoms with Gasteiger partial charge in [-0.3, -0.25) is 0 Å². The number of hydrogen-bond acceptors (Lipinski definition) is 2. The third-order valence-electron chi connectivity index (χ3n) is 2.41. The first kappa shape index (κ1) is 13.8. The van der Waals surface area contributed by atoms with E-state index in [1.807, 2.05) is 51.1 Å². The summed E-state index contributed by atoms with van der Waals surface area (Å²) in [5.74, 6) is 0. The van der Waals surface area contributed by atoms with Crippen molar-refractivity contribution in [2.24, 2.45) is 5.14 Å². The molecule has 1 aromatic rings. The third kappa shape index (κ3) is 3.63. The van der Waals surface area contributed by atoms with Crippen molar-refractivity contribution in [3.05, 3.63) is 39.9 Å². The van der Waals surface area contributed by atoms with Crippen LogP contribution in [-0.4, -0.2) is 9.30 Å². The van der Waals surface area contributed by atoms with E-state index in [0.29, 0.717) is 0 Å². The maximum atomic E-state index is 11.3. The van der Waals surface area contributed by atoms with Crippen LogP contribution in [0.25, 0.3) is 6.08 Å². The molecular formula is C12H16BrNOS. The maximum absolute atomic E-state index is 11.3. The van der Waals surface area contributed by atoms with Crippen molar-refractivity contribution in [3.8, 4) is 0 Å². The molecule has 4 heteroatoms. The van der Waals surface area contributed by atoms with Gasteiger partial charge in [0.15, 0.2) is 4.75 Å². The molecule has 16 heavy (non-hydrogen) atoms. The fourth-order valence-corrected chi connectivity index (χ4v) is 1.86. The molecule has 0 saturated carbocycles. The molecule has 0 saturated heterocycles. The van der Waals surface area contributed by atoms with Crippen LogP contribution in [0.5, 0.6) is 0 Å². The lowest BCUT2D eigenvalue weighted by Gasteiger charge is -2.20. The van der Waals surface area contributed by atoms with Gasteiger partial charge >= 0.3 is 0 Å². The van der Waals surface area contributed by atoms with Gasteiger partial charge in [-0.25, -0.2) is 0 Å². The highest BCUT2D eigenvalue weighted by Gasteiger charge is 2.25. The largest absolute Gasteiger partial charge is 0.598 e. The number of rotatable bonds is 3. The van der Waals surface area contributed by atoms with Crippen molar-refractivity contribution in [1.29, 1.82) is 0 Å². The van der Waals surface area contributed by atoms with E-state index in [1.165, 1.54) is 5.56 Å². The summed E-state index contributed by atoms with van der Waals surface area (Å²) in [5.41, 5.74) is 2.28. The lowest BCUT2D eigenvalue weighted by molar-refractivity contribution is 0.573. The Labute approximate surface area is 108 Å². The summed E-state index contributed by atoms with van der Waals surface area (Å²) in [6.07, 6.45) is 3.85. The molecule has 1 atom stereocenters. The smallest absolute Gasteiger partial charge is 0.157 e. The Morgan fingerprint density at radius 2 is 2.06 bits per heavy atom. The van der Waals surface area contributed by atoms with Crippen LogP contribution in [0.15, 0.2) is 28.7 Å². The Bertz CT molecular complexity index is 402. The molecule has 0 bridgehead atoms. The molecule has 0 aliphatic carbocycles. The van der Waals surface area contributed by atoms with Crippen LogP contribution >= 0.6 is 15.9 Å². The van der Waals surface area contributed by atoms with Crippen molar-refractivity contribution < 1.29 is 4.55 Å². The molecular weight excluding hydrogens is 286 g/mol. The van der Waals surface area contributed by atoms with Gasteiger partial charge in [0.1, 0.15) is 0 Å².